The van der Waals surface area contributed by atoms with E-state index in [9.17, 15) is 14.2 Å². The zero-order chi connectivity index (χ0) is 27.7. The molecular weight excluding hydrogens is 514 g/mol. The Balaban J connectivity index is 0.981. The molecule has 0 amide bonds. The van der Waals surface area contributed by atoms with Gasteiger partial charge in [0.05, 0.1) is 17.6 Å². The number of fused-ring (bicyclic) bond motifs is 2. The Labute approximate surface area is 235 Å². The van der Waals surface area contributed by atoms with Crippen molar-refractivity contribution >= 4 is 10.6 Å². The molecule has 0 bridgehead atoms. The van der Waals surface area contributed by atoms with Crippen LogP contribution in [0.1, 0.15) is 87.2 Å². The predicted molar refractivity (Wildman–Crippen MR) is 157 cm³/mol. The number of aliphatic hydroxyl groups is 1. The monoisotopic (exact) mass is 561 g/mol. The van der Waals surface area contributed by atoms with Gasteiger partial charge in [0.2, 0.25) is 5.79 Å². The Morgan fingerprint density at radius 2 is 1.77 bits per heavy atom. The van der Waals surface area contributed by atoms with Crippen molar-refractivity contribution in [3.05, 3.63) is 58.7 Å². The van der Waals surface area contributed by atoms with Gasteiger partial charge in [-0.1, -0.05) is 31.0 Å². The van der Waals surface area contributed by atoms with Crippen LogP contribution in [0, 0.1) is 0 Å². The molecule has 2 heterocycles. The van der Waals surface area contributed by atoms with Gasteiger partial charge >= 0.3 is 0 Å². The van der Waals surface area contributed by atoms with Crippen LogP contribution in [-0.2, 0) is 28.9 Å². The second-order valence-corrected chi connectivity index (χ2v) is 13.5. The molecular formula is C31H47NO6S. The molecule has 2 aliphatic rings. The normalized spacial score (nSPS) is 19.0. The number of hydrogen-bond donors (Lipinski definition) is 4. The fraction of sp³-hybridized carbons (Fsp3) is 0.613. The SMILES string of the molecule is CC1(C)OCc2cc([C@@H](O)CNCCCCCCOCCCCc3ccc4c(c3)S(O)(O)CCC4)ccc2O1. The van der Waals surface area contributed by atoms with E-state index < -0.39 is 22.5 Å². The van der Waals surface area contributed by atoms with Gasteiger partial charge < -0.3 is 24.6 Å². The summed E-state index contributed by atoms with van der Waals surface area (Å²) in [4.78, 5) is 0.776. The number of unbranched alkanes of at least 4 members (excludes halogenated alkanes) is 4. The first-order valence-electron chi connectivity index (χ1n) is 14.5. The van der Waals surface area contributed by atoms with Gasteiger partial charge in [-0.3, -0.25) is 9.11 Å². The summed E-state index contributed by atoms with van der Waals surface area (Å²) < 4.78 is 38.0. The molecule has 0 fully saturated rings. The van der Waals surface area contributed by atoms with Crippen LogP contribution in [0.5, 0.6) is 5.75 Å². The van der Waals surface area contributed by atoms with Gasteiger partial charge in [-0.05, 0) is 86.4 Å². The summed E-state index contributed by atoms with van der Waals surface area (Å²) in [5.74, 6) is 0.717. The molecule has 7 nitrogen and oxygen atoms in total. The van der Waals surface area contributed by atoms with Crippen LogP contribution in [0.3, 0.4) is 0 Å². The van der Waals surface area contributed by atoms with Crippen LogP contribution in [-0.4, -0.2) is 52.1 Å². The van der Waals surface area contributed by atoms with Crippen LogP contribution in [0.15, 0.2) is 41.3 Å². The van der Waals surface area contributed by atoms with Gasteiger partial charge in [0.25, 0.3) is 0 Å². The average Bonchev–Trinajstić information content (AvgIpc) is 2.90. The molecule has 0 aromatic heterocycles. The summed E-state index contributed by atoms with van der Waals surface area (Å²) in [6, 6.07) is 12.1. The van der Waals surface area contributed by atoms with Crippen molar-refractivity contribution in [1.29, 1.82) is 0 Å². The molecule has 218 valence electrons. The molecule has 2 aromatic carbocycles. The number of rotatable bonds is 15. The average molecular weight is 562 g/mol. The maximum Gasteiger partial charge on any atom is 0.205 e. The van der Waals surface area contributed by atoms with Crippen molar-refractivity contribution in [2.24, 2.45) is 0 Å². The second-order valence-electron chi connectivity index (χ2n) is 11.3. The highest BCUT2D eigenvalue weighted by Crippen LogP contribution is 2.53. The standard InChI is InChI=1S/C31H47NO6S/c1-31(2)37-23-27-21-26(14-15-29(27)38-31)28(33)22-32-16-6-3-4-7-17-36-18-8-5-10-24-12-13-25-11-9-19-39(34,35)30(25)20-24/h12-15,20-21,28,32-35H,3-11,16-19,22-23H2,1-2H3/t28-/m0/s1. The smallest absolute Gasteiger partial charge is 0.205 e. The molecule has 0 aliphatic carbocycles. The minimum Gasteiger partial charge on any atom is -0.463 e. The zero-order valence-electron chi connectivity index (χ0n) is 23.6. The Hall–Kier alpha value is -1.65. The van der Waals surface area contributed by atoms with E-state index in [2.05, 4.69) is 17.4 Å². The molecule has 39 heavy (non-hydrogen) atoms. The number of ether oxygens (including phenoxy) is 3. The van der Waals surface area contributed by atoms with Crippen LogP contribution < -0.4 is 10.1 Å². The number of aliphatic hydroxyl groups excluding tert-OH is 1. The maximum absolute atomic E-state index is 10.5. The Morgan fingerprint density at radius 1 is 0.974 bits per heavy atom. The first kappa shape index (κ1) is 30.3. The third kappa shape index (κ3) is 9.18. The van der Waals surface area contributed by atoms with Gasteiger partial charge in [0.1, 0.15) is 5.75 Å². The van der Waals surface area contributed by atoms with E-state index >= 15 is 0 Å². The molecule has 1 atom stereocenters. The highest BCUT2D eigenvalue weighted by Gasteiger charge is 2.28. The Morgan fingerprint density at radius 3 is 2.62 bits per heavy atom. The summed E-state index contributed by atoms with van der Waals surface area (Å²) in [6.07, 6.45) is 8.70. The van der Waals surface area contributed by atoms with Crippen molar-refractivity contribution in [2.75, 3.05) is 32.1 Å². The van der Waals surface area contributed by atoms with Crippen molar-refractivity contribution in [1.82, 2.24) is 5.32 Å². The van der Waals surface area contributed by atoms with Crippen molar-refractivity contribution < 1.29 is 28.4 Å². The van der Waals surface area contributed by atoms with Crippen LogP contribution >= 0.6 is 10.6 Å². The fourth-order valence-corrected chi connectivity index (χ4v) is 6.90. The number of nitrogens with one attached hydrogen (secondary N) is 1. The summed E-state index contributed by atoms with van der Waals surface area (Å²) in [7, 11) is -2.59. The summed E-state index contributed by atoms with van der Waals surface area (Å²) in [5, 5.41) is 13.9. The van der Waals surface area contributed by atoms with E-state index in [0.717, 1.165) is 105 Å². The minimum atomic E-state index is -2.59. The Kier molecular flexibility index (Phi) is 11.1. The van der Waals surface area contributed by atoms with E-state index in [4.69, 9.17) is 14.2 Å². The molecule has 0 saturated carbocycles. The quantitative estimate of drug-likeness (QED) is 0.182. The summed E-state index contributed by atoms with van der Waals surface area (Å²) >= 11 is 0. The summed E-state index contributed by atoms with van der Waals surface area (Å²) in [5.41, 5.74) is 4.15. The molecule has 2 aromatic rings. The first-order chi connectivity index (χ1) is 18.7. The largest absolute Gasteiger partial charge is 0.463 e. The van der Waals surface area contributed by atoms with E-state index in [-0.39, 0.29) is 0 Å². The van der Waals surface area contributed by atoms with Gasteiger partial charge in [-0.25, -0.2) is 0 Å². The molecule has 0 radical (unpaired) electrons. The van der Waals surface area contributed by atoms with Crippen LogP contribution in [0.25, 0.3) is 0 Å². The van der Waals surface area contributed by atoms with Gasteiger partial charge in [-0.2, -0.15) is 10.6 Å². The lowest BCUT2D eigenvalue weighted by atomic mass is 10.0. The van der Waals surface area contributed by atoms with E-state index in [1.165, 1.54) is 5.56 Å². The molecule has 2 aliphatic heterocycles. The van der Waals surface area contributed by atoms with E-state index in [0.29, 0.717) is 18.9 Å². The molecule has 0 unspecified atom stereocenters. The van der Waals surface area contributed by atoms with Crippen molar-refractivity contribution in [3.63, 3.8) is 0 Å². The van der Waals surface area contributed by atoms with Gasteiger partial charge in [0.15, 0.2) is 0 Å². The minimum absolute atomic E-state index is 0.493. The number of aryl methyl sites for hydroxylation is 2. The first-order valence-corrected chi connectivity index (χ1v) is 16.3. The zero-order valence-corrected chi connectivity index (χ0v) is 24.4. The second kappa shape index (κ2) is 14.3. The van der Waals surface area contributed by atoms with Crippen molar-refractivity contribution in [3.8, 4) is 5.75 Å². The lowest BCUT2D eigenvalue weighted by Gasteiger charge is -2.38. The third-order valence-corrected chi connectivity index (χ3v) is 9.44. The van der Waals surface area contributed by atoms with E-state index in [1.54, 1.807) is 0 Å². The lowest BCUT2D eigenvalue weighted by Crippen LogP contribution is -2.35. The van der Waals surface area contributed by atoms with Gasteiger partial charge in [-0.15, -0.1) is 0 Å². The maximum atomic E-state index is 10.5. The molecule has 0 spiro atoms. The van der Waals surface area contributed by atoms with Gasteiger partial charge in [0, 0.05) is 44.9 Å². The molecule has 4 rings (SSSR count). The van der Waals surface area contributed by atoms with E-state index in [1.807, 2.05) is 38.1 Å². The lowest BCUT2D eigenvalue weighted by molar-refractivity contribution is -0.180. The molecule has 4 N–H and O–H groups in total. The Bertz CT molecular complexity index is 1060. The molecule has 0 saturated heterocycles. The topological polar surface area (TPSA) is 100 Å². The van der Waals surface area contributed by atoms with Crippen LogP contribution in [0.2, 0.25) is 0 Å². The summed E-state index contributed by atoms with van der Waals surface area (Å²) in [6.45, 7) is 7.29. The predicted octanol–water partition coefficient (Wildman–Crippen LogP) is 6.61. The number of hydrogen-bond acceptors (Lipinski definition) is 7. The van der Waals surface area contributed by atoms with Crippen molar-refractivity contribution in [2.45, 2.75) is 95.0 Å². The van der Waals surface area contributed by atoms with Crippen LogP contribution in [0.4, 0.5) is 0 Å². The number of benzene rings is 2. The highest BCUT2D eigenvalue weighted by molar-refractivity contribution is 8.24. The highest BCUT2D eigenvalue weighted by atomic mass is 32.3. The third-order valence-electron chi connectivity index (χ3n) is 7.49. The molecule has 8 heteroatoms. The fourth-order valence-electron chi connectivity index (χ4n) is 5.20.